The Morgan fingerprint density at radius 2 is 1.24 bits per heavy atom. The molecule has 1 aliphatic rings. The van der Waals surface area contributed by atoms with Gasteiger partial charge >= 0.3 is 5.97 Å². The number of unbranched alkanes of at least 4 members (excludes halogenated alkanes) is 12. The van der Waals surface area contributed by atoms with Crippen molar-refractivity contribution in [3.8, 4) is 0 Å². The van der Waals surface area contributed by atoms with Crippen molar-refractivity contribution in [1.82, 2.24) is 0 Å². The Morgan fingerprint density at radius 1 is 0.760 bits per heavy atom. The summed E-state index contributed by atoms with van der Waals surface area (Å²) in [6.45, 7) is 2.92. The lowest BCUT2D eigenvalue weighted by Crippen LogP contribution is -2.07. The van der Waals surface area contributed by atoms with E-state index in [9.17, 15) is 4.79 Å². The van der Waals surface area contributed by atoms with Gasteiger partial charge in [-0.05, 0) is 18.8 Å². The Morgan fingerprint density at radius 3 is 1.76 bits per heavy atom. The maximum absolute atomic E-state index is 11.7. The van der Waals surface area contributed by atoms with Gasteiger partial charge in [0.25, 0.3) is 0 Å². The molecule has 1 rings (SSSR count). The molecule has 0 spiro atoms. The first kappa shape index (κ1) is 22.5. The zero-order valence-electron chi connectivity index (χ0n) is 17.0. The fourth-order valence-corrected chi connectivity index (χ4v) is 4.00. The van der Waals surface area contributed by atoms with Gasteiger partial charge < -0.3 is 4.74 Å². The molecule has 0 amide bonds. The molecule has 0 N–H and O–H groups in total. The molecule has 0 aromatic rings. The van der Waals surface area contributed by atoms with E-state index in [0.717, 1.165) is 18.8 Å². The molecule has 148 valence electrons. The molecular weight excluding hydrogens is 308 g/mol. The average Bonchev–Trinajstić information content (AvgIpc) is 3.14. The lowest BCUT2D eigenvalue weighted by Gasteiger charge is -2.08. The minimum absolute atomic E-state index is 0.0332. The summed E-state index contributed by atoms with van der Waals surface area (Å²) < 4.78 is 5.36. The van der Waals surface area contributed by atoms with Gasteiger partial charge in [0.15, 0.2) is 0 Å². The molecule has 0 bridgehead atoms. The Bertz CT molecular complexity index is 294. The molecule has 0 aromatic carbocycles. The molecule has 1 saturated carbocycles. The second kappa shape index (κ2) is 16.9. The first-order chi connectivity index (χ1) is 12.3. The predicted molar refractivity (Wildman–Crippen MR) is 108 cm³/mol. The molecule has 25 heavy (non-hydrogen) atoms. The van der Waals surface area contributed by atoms with E-state index < -0.39 is 0 Å². The fourth-order valence-electron chi connectivity index (χ4n) is 4.00. The third-order valence-electron chi connectivity index (χ3n) is 5.74. The maximum atomic E-state index is 11.7. The van der Waals surface area contributed by atoms with Crippen LogP contribution >= 0.6 is 0 Å². The normalized spacial score (nSPS) is 14.9. The minimum Gasteiger partial charge on any atom is -0.466 e. The van der Waals surface area contributed by atoms with Crippen LogP contribution in [0.15, 0.2) is 0 Å². The fraction of sp³-hybridized carbons (Fsp3) is 0.957. The van der Waals surface area contributed by atoms with Gasteiger partial charge in [0.1, 0.15) is 0 Å². The van der Waals surface area contributed by atoms with Crippen molar-refractivity contribution in [3.63, 3.8) is 0 Å². The van der Waals surface area contributed by atoms with Gasteiger partial charge in [0, 0.05) is 6.42 Å². The summed E-state index contributed by atoms with van der Waals surface area (Å²) in [6, 6.07) is 0. The van der Waals surface area contributed by atoms with Crippen molar-refractivity contribution in [2.75, 3.05) is 6.61 Å². The van der Waals surface area contributed by atoms with Crippen LogP contribution in [-0.4, -0.2) is 12.6 Å². The van der Waals surface area contributed by atoms with Crippen LogP contribution in [0.4, 0.5) is 0 Å². The number of hydrogen-bond acceptors (Lipinski definition) is 2. The average molecular weight is 353 g/mol. The molecule has 2 nitrogen and oxygen atoms in total. The van der Waals surface area contributed by atoms with Crippen LogP contribution in [0.1, 0.15) is 129 Å². The van der Waals surface area contributed by atoms with Crippen LogP contribution in [-0.2, 0) is 9.53 Å². The van der Waals surface area contributed by atoms with Crippen LogP contribution < -0.4 is 0 Å². The highest BCUT2D eigenvalue weighted by Gasteiger charge is 2.16. The lowest BCUT2D eigenvalue weighted by atomic mass is 10.0. The molecule has 0 radical (unpaired) electrons. The molecule has 0 heterocycles. The molecule has 0 atom stereocenters. The smallest absolute Gasteiger partial charge is 0.305 e. The maximum Gasteiger partial charge on any atom is 0.305 e. The number of hydrogen-bond donors (Lipinski definition) is 0. The second-order valence-corrected chi connectivity index (χ2v) is 8.15. The Hall–Kier alpha value is -0.530. The molecule has 0 unspecified atom stereocenters. The van der Waals surface area contributed by atoms with Crippen LogP contribution in [0.25, 0.3) is 0 Å². The van der Waals surface area contributed by atoms with E-state index in [1.807, 2.05) is 0 Å². The molecule has 0 saturated heterocycles. The first-order valence-corrected chi connectivity index (χ1v) is 11.5. The van der Waals surface area contributed by atoms with Crippen molar-refractivity contribution in [2.24, 2.45) is 5.92 Å². The third-order valence-corrected chi connectivity index (χ3v) is 5.74. The van der Waals surface area contributed by atoms with Gasteiger partial charge in [-0.15, -0.1) is 0 Å². The Labute approximate surface area is 157 Å². The second-order valence-electron chi connectivity index (χ2n) is 8.15. The van der Waals surface area contributed by atoms with Gasteiger partial charge in [-0.3, -0.25) is 4.79 Å². The van der Waals surface area contributed by atoms with E-state index in [1.165, 1.54) is 103 Å². The highest BCUT2D eigenvalue weighted by Crippen LogP contribution is 2.28. The topological polar surface area (TPSA) is 26.3 Å². The van der Waals surface area contributed by atoms with E-state index in [-0.39, 0.29) is 5.97 Å². The minimum atomic E-state index is 0.0332. The SMILES string of the molecule is CCCCCCCCCCCCCCCOC(=O)CCC1CCCC1. The van der Waals surface area contributed by atoms with Crippen LogP contribution in [0.3, 0.4) is 0 Å². The largest absolute Gasteiger partial charge is 0.466 e. The summed E-state index contributed by atoms with van der Waals surface area (Å²) >= 11 is 0. The number of rotatable bonds is 17. The standard InChI is InChI=1S/C23H44O2/c1-2-3-4-5-6-7-8-9-10-11-12-13-16-21-25-23(24)20-19-22-17-14-15-18-22/h22H,2-21H2,1H3. The summed E-state index contributed by atoms with van der Waals surface area (Å²) in [5.41, 5.74) is 0. The van der Waals surface area contributed by atoms with Gasteiger partial charge in [-0.1, -0.05) is 110 Å². The van der Waals surface area contributed by atoms with E-state index in [2.05, 4.69) is 6.92 Å². The van der Waals surface area contributed by atoms with Gasteiger partial charge in [0.2, 0.25) is 0 Å². The number of esters is 1. The van der Waals surface area contributed by atoms with Crippen LogP contribution in [0, 0.1) is 5.92 Å². The van der Waals surface area contributed by atoms with Crippen LogP contribution in [0.2, 0.25) is 0 Å². The third kappa shape index (κ3) is 14.3. The summed E-state index contributed by atoms with van der Waals surface area (Å²) in [6.07, 6.45) is 24.7. The summed E-state index contributed by atoms with van der Waals surface area (Å²) in [7, 11) is 0. The van der Waals surface area contributed by atoms with Gasteiger partial charge in [-0.25, -0.2) is 0 Å². The van der Waals surface area contributed by atoms with Gasteiger partial charge in [-0.2, -0.15) is 0 Å². The van der Waals surface area contributed by atoms with E-state index in [0.29, 0.717) is 13.0 Å². The summed E-state index contributed by atoms with van der Waals surface area (Å²) in [5.74, 6) is 0.828. The van der Waals surface area contributed by atoms with E-state index >= 15 is 0 Å². The van der Waals surface area contributed by atoms with Gasteiger partial charge in [0.05, 0.1) is 6.61 Å². The molecule has 1 fully saturated rings. The number of carbonyl (C=O) groups excluding carboxylic acids is 1. The lowest BCUT2D eigenvalue weighted by molar-refractivity contribution is -0.144. The zero-order valence-corrected chi connectivity index (χ0v) is 17.0. The molecular formula is C23H44O2. The molecule has 0 aromatic heterocycles. The highest BCUT2D eigenvalue weighted by molar-refractivity contribution is 5.69. The Balaban J connectivity index is 1.72. The Kier molecular flexibility index (Phi) is 15.2. The number of ether oxygens (including phenoxy) is 1. The van der Waals surface area contributed by atoms with Crippen molar-refractivity contribution in [3.05, 3.63) is 0 Å². The van der Waals surface area contributed by atoms with Crippen molar-refractivity contribution in [1.29, 1.82) is 0 Å². The van der Waals surface area contributed by atoms with Crippen molar-refractivity contribution in [2.45, 2.75) is 129 Å². The first-order valence-electron chi connectivity index (χ1n) is 11.5. The van der Waals surface area contributed by atoms with Crippen molar-refractivity contribution < 1.29 is 9.53 Å². The predicted octanol–water partition coefficient (Wildman–Crippen LogP) is 7.59. The molecule has 1 aliphatic carbocycles. The van der Waals surface area contributed by atoms with Crippen LogP contribution in [0.5, 0.6) is 0 Å². The number of carbonyl (C=O) groups is 1. The van der Waals surface area contributed by atoms with Crippen molar-refractivity contribution >= 4 is 5.97 Å². The summed E-state index contributed by atoms with van der Waals surface area (Å²) in [4.78, 5) is 11.7. The quantitative estimate of drug-likeness (QED) is 0.199. The molecule has 2 heteroatoms. The molecule has 0 aliphatic heterocycles. The zero-order chi connectivity index (χ0) is 18.0. The van der Waals surface area contributed by atoms with E-state index in [4.69, 9.17) is 4.74 Å². The highest BCUT2D eigenvalue weighted by atomic mass is 16.5. The summed E-state index contributed by atoms with van der Waals surface area (Å²) in [5, 5.41) is 0. The van der Waals surface area contributed by atoms with E-state index in [1.54, 1.807) is 0 Å². The monoisotopic (exact) mass is 352 g/mol.